The third kappa shape index (κ3) is 4.28. The first-order valence-electron chi connectivity index (χ1n) is 6.95. The van der Waals surface area contributed by atoms with Crippen LogP contribution in [0.3, 0.4) is 0 Å². The summed E-state index contributed by atoms with van der Waals surface area (Å²) in [6.07, 6.45) is 0.181. The average Bonchev–Trinajstić information content (AvgIpc) is 3.00. The van der Waals surface area contributed by atoms with Gasteiger partial charge in [-0.1, -0.05) is 40.4 Å². The molecule has 2 rings (SSSR count). The van der Waals surface area contributed by atoms with Gasteiger partial charge in [-0.05, 0) is 11.4 Å². The molecule has 1 aromatic heterocycles. The predicted octanol–water partition coefficient (Wildman–Crippen LogP) is 1.11. The van der Waals surface area contributed by atoms with E-state index in [2.05, 4.69) is 5.32 Å². The summed E-state index contributed by atoms with van der Waals surface area (Å²) >= 11 is 4.08. The predicted molar refractivity (Wildman–Crippen MR) is 99.2 cm³/mol. The molecule has 2 amide bonds. The van der Waals surface area contributed by atoms with E-state index in [1.54, 1.807) is 0 Å². The van der Waals surface area contributed by atoms with Crippen molar-refractivity contribution in [3.05, 3.63) is 22.4 Å². The fourth-order valence-electron chi connectivity index (χ4n) is 2.36. The zero-order valence-corrected chi connectivity index (χ0v) is 16.4. The molecule has 0 aromatic carbocycles. The number of hydrogen-bond acceptors (Lipinski definition) is 6. The smallest absolute Gasteiger partial charge is 0.337 e. The first kappa shape index (κ1) is 19.2. The molecule has 0 spiro atoms. The van der Waals surface area contributed by atoms with Gasteiger partial charge in [0.1, 0.15) is 6.04 Å². The molecule has 24 heavy (non-hydrogen) atoms. The number of alkyl halides is 1. The van der Waals surface area contributed by atoms with Crippen molar-refractivity contribution in [1.82, 2.24) is 10.2 Å². The Morgan fingerprint density at radius 3 is 2.71 bits per heavy atom. The summed E-state index contributed by atoms with van der Waals surface area (Å²) in [5, 5.41) is 12.2. The van der Waals surface area contributed by atoms with E-state index < -0.39 is 29.3 Å². The van der Waals surface area contributed by atoms with Gasteiger partial charge in [0.15, 0.2) is 10.5 Å². The molecule has 0 aliphatic carbocycles. The molecule has 10 heteroatoms. The first-order valence-corrected chi connectivity index (χ1v) is 10.2. The van der Waals surface area contributed by atoms with Crippen LogP contribution in [-0.4, -0.2) is 54.8 Å². The van der Waals surface area contributed by atoms with Crippen LogP contribution in [0.4, 0.5) is 0 Å². The topological polar surface area (TPSA) is 104 Å². The largest absolute Gasteiger partial charge is 0.479 e. The van der Waals surface area contributed by atoms with Gasteiger partial charge in [-0.3, -0.25) is 14.4 Å². The number of carbonyl (C=O) groups is 4. The summed E-state index contributed by atoms with van der Waals surface area (Å²) in [6, 6.07) is 2.48. The Morgan fingerprint density at radius 2 is 2.21 bits per heavy atom. The van der Waals surface area contributed by atoms with Crippen molar-refractivity contribution in [2.24, 2.45) is 0 Å². The van der Waals surface area contributed by atoms with Crippen molar-refractivity contribution in [2.45, 2.75) is 30.8 Å². The quantitative estimate of drug-likeness (QED) is 0.343. The lowest BCUT2D eigenvalue weighted by Crippen LogP contribution is -2.74. The van der Waals surface area contributed by atoms with Crippen LogP contribution < -0.4 is 5.32 Å². The van der Waals surface area contributed by atoms with Crippen molar-refractivity contribution in [2.75, 3.05) is 4.43 Å². The van der Waals surface area contributed by atoms with Gasteiger partial charge in [0.05, 0.1) is 12.5 Å². The first-order chi connectivity index (χ1) is 11.3. The number of thiophene rings is 1. The monoisotopic (exact) mass is 482 g/mol. The van der Waals surface area contributed by atoms with Crippen LogP contribution in [0.2, 0.25) is 0 Å². The van der Waals surface area contributed by atoms with Gasteiger partial charge in [-0.15, -0.1) is 11.3 Å². The van der Waals surface area contributed by atoms with Crippen molar-refractivity contribution >= 4 is 68.6 Å². The van der Waals surface area contributed by atoms with Gasteiger partial charge in [0.25, 0.3) is 0 Å². The van der Waals surface area contributed by atoms with E-state index in [0.29, 0.717) is 16.2 Å². The number of halogens is 1. The van der Waals surface area contributed by atoms with Crippen molar-refractivity contribution in [3.63, 3.8) is 0 Å². The van der Waals surface area contributed by atoms with Crippen molar-refractivity contribution in [1.29, 1.82) is 0 Å². The lowest BCUT2D eigenvalue weighted by atomic mass is 9.96. The fourth-order valence-corrected chi connectivity index (χ4v) is 4.78. The van der Waals surface area contributed by atoms with Crippen LogP contribution in [0.15, 0.2) is 17.5 Å². The van der Waals surface area contributed by atoms with Gasteiger partial charge in [-0.2, -0.15) is 0 Å². The van der Waals surface area contributed by atoms with E-state index >= 15 is 0 Å². The van der Waals surface area contributed by atoms with Crippen LogP contribution in [0.25, 0.3) is 0 Å². The van der Waals surface area contributed by atoms with Crippen LogP contribution >= 0.6 is 45.7 Å². The molecule has 7 nitrogen and oxygen atoms in total. The van der Waals surface area contributed by atoms with E-state index in [0.717, 1.165) is 9.78 Å². The minimum absolute atomic E-state index is 0.181. The van der Waals surface area contributed by atoms with E-state index in [1.807, 2.05) is 40.1 Å². The number of carboxylic acids is 1. The standard InChI is InChI=1S/C14H15IN2O5S2/c1-7(18)24-13(14(21)22)17-9(6-15)11(12(17)20)16-10(19)5-8-3-2-4-23-8/h2-4,9,11,13H,5-6H2,1H3,(H,16,19)(H,21,22)/t9-,11+,13?/m1/s1. The summed E-state index contributed by atoms with van der Waals surface area (Å²) in [5.41, 5.74) is 0. The molecule has 3 atom stereocenters. The Labute approximate surface area is 160 Å². The zero-order valence-electron chi connectivity index (χ0n) is 12.6. The normalized spacial score (nSPS) is 21.1. The lowest BCUT2D eigenvalue weighted by Gasteiger charge is -2.48. The molecular formula is C14H15IN2O5S2. The Balaban J connectivity index is 2.03. The number of carbonyl (C=O) groups excluding carboxylic acids is 3. The van der Waals surface area contributed by atoms with Crippen LogP contribution in [-0.2, 0) is 25.6 Å². The summed E-state index contributed by atoms with van der Waals surface area (Å²) in [7, 11) is 0. The van der Waals surface area contributed by atoms with Crippen LogP contribution in [0, 0.1) is 0 Å². The van der Waals surface area contributed by atoms with E-state index in [-0.39, 0.29) is 17.4 Å². The van der Waals surface area contributed by atoms with E-state index in [9.17, 15) is 24.3 Å². The molecule has 2 N–H and O–H groups in total. The molecule has 130 valence electrons. The zero-order chi connectivity index (χ0) is 17.9. The molecule has 1 fully saturated rings. The summed E-state index contributed by atoms with van der Waals surface area (Å²) in [4.78, 5) is 49.0. The Hall–Kier alpha value is -1.14. The molecular weight excluding hydrogens is 467 g/mol. The SMILES string of the molecule is CC(=O)SC(C(=O)O)N1C(=O)[C@@H](NC(=O)Cc2cccs2)[C@H]1CI. The molecule has 0 saturated carbocycles. The maximum atomic E-state index is 12.3. The van der Waals surface area contributed by atoms with Crippen LogP contribution in [0.1, 0.15) is 11.8 Å². The fraction of sp³-hybridized carbons (Fsp3) is 0.429. The number of thioether (sulfide) groups is 1. The number of β-lactam (4-membered cyclic amide) rings is 1. The maximum Gasteiger partial charge on any atom is 0.337 e. The minimum atomic E-state index is -1.26. The highest BCUT2D eigenvalue weighted by Gasteiger charge is 2.52. The average molecular weight is 482 g/mol. The molecule has 1 aliphatic rings. The second-order valence-electron chi connectivity index (χ2n) is 5.07. The molecule has 0 radical (unpaired) electrons. The van der Waals surface area contributed by atoms with Gasteiger partial charge in [0.2, 0.25) is 11.8 Å². The molecule has 0 bridgehead atoms. The number of nitrogens with one attached hydrogen (secondary N) is 1. The number of aliphatic carboxylic acids is 1. The third-order valence-electron chi connectivity index (χ3n) is 3.39. The number of carboxylic acid groups (broad SMARTS) is 1. The summed E-state index contributed by atoms with van der Waals surface area (Å²) < 4.78 is 0.454. The Morgan fingerprint density at radius 1 is 1.50 bits per heavy atom. The van der Waals surface area contributed by atoms with Gasteiger partial charge in [-0.25, -0.2) is 4.79 Å². The van der Waals surface area contributed by atoms with Gasteiger partial charge < -0.3 is 15.3 Å². The molecule has 1 aliphatic heterocycles. The Bertz CT molecular complexity index is 652. The van der Waals surface area contributed by atoms with Crippen molar-refractivity contribution < 1.29 is 24.3 Å². The minimum Gasteiger partial charge on any atom is -0.479 e. The summed E-state index contributed by atoms with van der Waals surface area (Å²) in [5.74, 6) is -2.00. The number of hydrogen-bond donors (Lipinski definition) is 2. The van der Waals surface area contributed by atoms with E-state index in [4.69, 9.17) is 0 Å². The second kappa shape index (κ2) is 8.30. The number of likely N-dealkylation sites (tertiary alicyclic amines) is 1. The Kier molecular flexibility index (Phi) is 6.63. The molecule has 1 aromatic rings. The molecule has 1 saturated heterocycles. The summed E-state index contributed by atoms with van der Waals surface area (Å²) in [6.45, 7) is 1.25. The van der Waals surface area contributed by atoms with E-state index in [1.165, 1.54) is 18.3 Å². The lowest BCUT2D eigenvalue weighted by molar-refractivity contribution is -0.160. The van der Waals surface area contributed by atoms with Gasteiger partial charge >= 0.3 is 5.97 Å². The van der Waals surface area contributed by atoms with Gasteiger partial charge in [0, 0.05) is 16.2 Å². The highest BCUT2D eigenvalue weighted by molar-refractivity contribution is 14.1. The third-order valence-corrected chi connectivity index (χ3v) is 6.16. The maximum absolute atomic E-state index is 12.3. The number of amides is 2. The highest BCUT2D eigenvalue weighted by atomic mass is 127. The molecule has 1 unspecified atom stereocenters. The second-order valence-corrected chi connectivity index (χ2v) is 8.24. The highest BCUT2D eigenvalue weighted by Crippen LogP contribution is 2.30. The molecule has 2 heterocycles. The van der Waals surface area contributed by atoms with Crippen molar-refractivity contribution in [3.8, 4) is 0 Å². The number of rotatable bonds is 7. The number of nitrogens with zero attached hydrogens (tertiary/aromatic N) is 1. The van der Waals surface area contributed by atoms with Crippen LogP contribution in [0.5, 0.6) is 0 Å².